The van der Waals surface area contributed by atoms with Crippen LogP contribution in [0.4, 0.5) is 0 Å². The second kappa shape index (κ2) is 5.00. The molecule has 1 aliphatic heterocycles. The summed E-state index contributed by atoms with van der Waals surface area (Å²) in [5.41, 5.74) is 3.57. The van der Waals surface area contributed by atoms with E-state index >= 15 is 0 Å². The Morgan fingerprint density at radius 1 is 1.28 bits per heavy atom. The topological polar surface area (TPSA) is 58.6 Å². The molecule has 1 aromatic rings. The Kier molecular flexibility index (Phi) is 3.76. The molecule has 18 heavy (non-hydrogen) atoms. The molecule has 1 heterocycles. The van der Waals surface area contributed by atoms with Gasteiger partial charge in [-0.15, -0.1) is 0 Å². The summed E-state index contributed by atoms with van der Waals surface area (Å²) in [5.74, 6) is 0. The van der Waals surface area contributed by atoms with Crippen LogP contribution in [0.15, 0.2) is 39.8 Å². The molecule has 7 heteroatoms. The van der Waals surface area contributed by atoms with E-state index < -0.39 is 10.0 Å². The highest BCUT2D eigenvalue weighted by atomic mass is 79.9. The maximum atomic E-state index is 11.9. The predicted molar refractivity (Wildman–Crippen MR) is 71.3 cm³/mol. The van der Waals surface area contributed by atoms with Crippen LogP contribution in [-0.2, 0) is 14.9 Å². The van der Waals surface area contributed by atoms with E-state index in [4.69, 9.17) is 4.84 Å². The second-order valence-electron chi connectivity index (χ2n) is 4.01. The number of sulfonamides is 1. The number of nitrogens with zero attached hydrogens (tertiary/aromatic N) is 1. The van der Waals surface area contributed by atoms with Crippen LogP contribution < -0.4 is 5.48 Å². The maximum absolute atomic E-state index is 11.9. The van der Waals surface area contributed by atoms with E-state index in [0.717, 1.165) is 10.2 Å². The number of hydroxylamine groups is 1. The highest BCUT2D eigenvalue weighted by molar-refractivity contribution is 9.11. The zero-order valence-corrected chi connectivity index (χ0v) is 12.3. The maximum Gasteiger partial charge on any atom is 0.242 e. The van der Waals surface area contributed by atoms with E-state index in [1.165, 1.54) is 18.4 Å². The van der Waals surface area contributed by atoms with Gasteiger partial charge in [-0.25, -0.2) is 12.7 Å². The van der Waals surface area contributed by atoms with Crippen molar-refractivity contribution in [1.29, 1.82) is 0 Å². The summed E-state index contributed by atoms with van der Waals surface area (Å²) in [5, 5.41) is 0. The van der Waals surface area contributed by atoms with Crippen molar-refractivity contribution in [3.05, 3.63) is 40.5 Å². The summed E-state index contributed by atoms with van der Waals surface area (Å²) >= 11 is 3.26. The third-order valence-corrected chi connectivity index (χ3v) is 4.82. The summed E-state index contributed by atoms with van der Waals surface area (Å²) in [6, 6.07) is 6.64. The van der Waals surface area contributed by atoms with Crippen molar-refractivity contribution in [1.82, 2.24) is 9.79 Å². The zero-order chi connectivity index (χ0) is 13.3. The molecule has 0 spiro atoms. The van der Waals surface area contributed by atoms with Crippen LogP contribution in [0.1, 0.15) is 11.7 Å². The highest BCUT2D eigenvalue weighted by Crippen LogP contribution is 2.27. The fourth-order valence-electron chi connectivity index (χ4n) is 1.53. The average molecular weight is 333 g/mol. The molecule has 0 radical (unpaired) electrons. The van der Waals surface area contributed by atoms with Crippen LogP contribution in [0.3, 0.4) is 0 Å². The van der Waals surface area contributed by atoms with Crippen LogP contribution in [0.5, 0.6) is 0 Å². The molecule has 0 bridgehead atoms. The molecule has 1 aromatic carbocycles. The predicted octanol–water partition coefficient (Wildman–Crippen LogP) is 1.75. The summed E-state index contributed by atoms with van der Waals surface area (Å²) in [6.07, 6.45) is 1.64. The quantitative estimate of drug-likeness (QED) is 0.857. The number of hydrogen-bond donors (Lipinski definition) is 1. The Hall–Kier alpha value is -0.890. The third kappa shape index (κ3) is 2.59. The van der Waals surface area contributed by atoms with Crippen molar-refractivity contribution in [3.8, 4) is 0 Å². The van der Waals surface area contributed by atoms with Crippen LogP contribution in [-0.4, -0.2) is 26.8 Å². The largest absolute Gasteiger partial charge is 0.263 e. The Morgan fingerprint density at radius 3 is 2.33 bits per heavy atom. The molecule has 5 nitrogen and oxygen atoms in total. The first kappa shape index (κ1) is 13.5. The molecule has 1 aliphatic rings. The van der Waals surface area contributed by atoms with Crippen LogP contribution in [0.2, 0.25) is 0 Å². The van der Waals surface area contributed by atoms with E-state index in [1.807, 2.05) is 6.08 Å². The third-order valence-electron chi connectivity index (χ3n) is 2.57. The van der Waals surface area contributed by atoms with E-state index in [1.54, 1.807) is 24.3 Å². The van der Waals surface area contributed by atoms with Gasteiger partial charge in [-0.2, -0.15) is 0 Å². The normalized spacial score (nSPS) is 19.8. The number of halogens is 1. The molecule has 2 rings (SSSR count). The molecule has 0 aliphatic carbocycles. The van der Waals surface area contributed by atoms with Gasteiger partial charge in [0, 0.05) is 14.1 Å². The fourth-order valence-corrected chi connectivity index (χ4v) is 2.76. The van der Waals surface area contributed by atoms with Crippen LogP contribution in [0, 0.1) is 0 Å². The Morgan fingerprint density at radius 2 is 1.89 bits per heavy atom. The molecule has 1 unspecified atom stereocenters. The SMILES string of the molecule is CN(C)S(=O)(=O)c1ccc(C2C=C(Br)NO2)cc1. The average Bonchev–Trinajstić information content (AvgIpc) is 2.76. The Balaban J connectivity index is 2.26. The second-order valence-corrected chi connectivity index (χ2v) is 7.02. The first-order chi connectivity index (χ1) is 8.41. The molecule has 1 N–H and O–H groups in total. The summed E-state index contributed by atoms with van der Waals surface area (Å²) in [6.45, 7) is 0. The summed E-state index contributed by atoms with van der Waals surface area (Å²) < 4.78 is 25.7. The lowest BCUT2D eigenvalue weighted by molar-refractivity contribution is 0.0457. The molecule has 0 aromatic heterocycles. The van der Waals surface area contributed by atoms with Gasteiger partial charge in [0.2, 0.25) is 10.0 Å². The molecular formula is C11H13BrN2O3S. The molecule has 0 saturated heterocycles. The minimum atomic E-state index is -3.38. The van der Waals surface area contributed by atoms with Crippen molar-refractivity contribution >= 4 is 26.0 Å². The van der Waals surface area contributed by atoms with Gasteiger partial charge in [0.25, 0.3) is 0 Å². The first-order valence-electron chi connectivity index (χ1n) is 5.23. The highest BCUT2D eigenvalue weighted by Gasteiger charge is 2.20. The number of nitrogens with one attached hydrogen (secondary N) is 1. The first-order valence-corrected chi connectivity index (χ1v) is 7.46. The molecular weight excluding hydrogens is 320 g/mol. The van der Waals surface area contributed by atoms with E-state index in [9.17, 15) is 8.42 Å². The van der Waals surface area contributed by atoms with Crippen molar-refractivity contribution in [2.75, 3.05) is 14.1 Å². The molecule has 0 saturated carbocycles. The van der Waals surface area contributed by atoms with Crippen molar-refractivity contribution in [2.24, 2.45) is 0 Å². The van der Waals surface area contributed by atoms with Crippen molar-refractivity contribution < 1.29 is 13.3 Å². The standard InChI is InChI=1S/C11H13BrN2O3S/c1-14(2)18(15,16)9-5-3-8(4-6-9)10-7-11(12)13-17-10/h3-7,10,13H,1-2H3. The van der Waals surface area contributed by atoms with Crippen LogP contribution in [0.25, 0.3) is 0 Å². The van der Waals surface area contributed by atoms with Gasteiger partial charge in [0.15, 0.2) is 0 Å². The molecule has 1 atom stereocenters. The van der Waals surface area contributed by atoms with Crippen LogP contribution >= 0.6 is 15.9 Å². The number of hydrogen-bond acceptors (Lipinski definition) is 4. The van der Waals surface area contributed by atoms with Gasteiger partial charge < -0.3 is 0 Å². The Labute approximate surface area is 115 Å². The molecule has 0 amide bonds. The number of rotatable bonds is 3. The lowest BCUT2D eigenvalue weighted by Gasteiger charge is -2.12. The minimum Gasteiger partial charge on any atom is -0.263 e. The lowest BCUT2D eigenvalue weighted by atomic mass is 10.1. The zero-order valence-electron chi connectivity index (χ0n) is 9.92. The summed E-state index contributed by atoms with van der Waals surface area (Å²) in [4.78, 5) is 5.54. The fraction of sp³-hybridized carbons (Fsp3) is 0.273. The number of benzene rings is 1. The van der Waals surface area contributed by atoms with Gasteiger partial charge in [0.1, 0.15) is 10.7 Å². The van der Waals surface area contributed by atoms with Gasteiger partial charge in [-0.3, -0.25) is 10.3 Å². The lowest BCUT2D eigenvalue weighted by Crippen LogP contribution is -2.22. The smallest absolute Gasteiger partial charge is 0.242 e. The minimum absolute atomic E-state index is 0.213. The van der Waals surface area contributed by atoms with E-state index in [-0.39, 0.29) is 11.0 Å². The van der Waals surface area contributed by atoms with Gasteiger partial charge >= 0.3 is 0 Å². The van der Waals surface area contributed by atoms with Gasteiger partial charge in [-0.1, -0.05) is 12.1 Å². The van der Waals surface area contributed by atoms with Crippen molar-refractivity contribution in [2.45, 2.75) is 11.0 Å². The molecule has 0 fully saturated rings. The Bertz CT molecular complexity index is 566. The van der Waals surface area contributed by atoms with E-state index in [2.05, 4.69) is 21.4 Å². The van der Waals surface area contributed by atoms with Crippen molar-refractivity contribution in [3.63, 3.8) is 0 Å². The monoisotopic (exact) mass is 332 g/mol. The van der Waals surface area contributed by atoms with Gasteiger partial charge in [0.05, 0.1) is 4.90 Å². The van der Waals surface area contributed by atoms with Gasteiger partial charge in [-0.05, 0) is 39.7 Å². The van der Waals surface area contributed by atoms with E-state index in [0.29, 0.717) is 0 Å². The molecule has 98 valence electrons. The summed E-state index contributed by atoms with van der Waals surface area (Å²) in [7, 11) is -0.362.